The lowest BCUT2D eigenvalue weighted by atomic mass is 9.98. The van der Waals surface area contributed by atoms with Gasteiger partial charge >= 0.3 is 0 Å². The molecule has 0 saturated heterocycles. The van der Waals surface area contributed by atoms with E-state index in [1.54, 1.807) is 30.3 Å². The van der Waals surface area contributed by atoms with E-state index in [0.717, 1.165) is 5.56 Å². The SMILES string of the molecule is O=C(c1ccccc1)[C@]1([N+](=O)[O-])C[C@H]1c1ccccc1. The van der Waals surface area contributed by atoms with Crippen LogP contribution in [0, 0.1) is 10.1 Å². The zero-order chi connectivity index (χ0) is 14.2. The third kappa shape index (κ3) is 1.81. The van der Waals surface area contributed by atoms with E-state index < -0.39 is 16.2 Å². The summed E-state index contributed by atoms with van der Waals surface area (Å²) in [6.07, 6.45) is 0.276. The molecule has 0 amide bonds. The average Bonchev–Trinajstić information content (AvgIpc) is 3.25. The van der Waals surface area contributed by atoms with Crippen LogP contribution in [-0.4, -0.2) is 16.2 Å². The van der Waals surface area contributed by atoms with Crippen molar-refractivity contribution in [1.82, 2.24) is 0 Å². The Labute approximate surface area is 116 Å². The van der Waals surface area contributed by atoms with Crippen molar-refractivity contribution in [3.63, 3.8) is 0 Å². The van der Waals surface area contributed by atoms with Gasteiger partial charge in [0.2, 0.25) is 5.78 Å². The molecule has 0 bridgehead atoms. The molecule has 2 atom stereocenters. The van der Waals surface area contributed by atoms with E-state index in [1.165, 1.54) is 0 Å². The number of carbonyl (C=O) groups is 1. The van der Waals surface area contributed by atoms with Crippen molar-refractivity contribution in [2.75, 3.05) is 0 Å². The number of hydrogen-bond donors (Lipinski definition) is 0. The van der Waals surface area contributed by atoms with Gasteiger partial charge in [-0.1, -0.05) is 60.7 Å². The molecule has 4 heteroatoms. The highest BCUT2D eigenvalue weighted by molar-refractivity contribution is 6.05. The van der Waals surface area contributed by atoms with Gasteiger partial charge in [0, 0.05) is 16.9 Å². The lowest BCUT2D eigenvalue weighted by Crippen LogP contribution is -2.34. The molecule has 0 radical (unpaired) electrons. The molecule has 1 saturated carbocycles. The van der Waals surface area contributed by atoms with Crippen molar-refractivity contribution in [3.05, 3.63) is 81.9 Å². The van der Waals surface area contributed by atoms with Crippen LogP contribution in [0.2, 0.25) is 0 Å². The van der Waals surface area contributed by atoms with Crippen LogP contribution in [0.15, 0.2) is 60.7 Å². The second-order valence-corrected chi connectivity index (χ2v) is 5.04. The summed E-state index contributed by atoms with van der Waals surface area (Å²) in [4.78, 5) is 23.6. The molecule has 1 fully saturated rings. The molecule has 0 aliphatic heterocycles. The number of ketones is 1. The van der Waals surface area contributed by atoms with Gasteiger partial charge in [0.05, 0.1) is 5.92 Å². The maximum Gasteiger partial charge on any atom is 0.291 e. The zero-order valence-electron chi connectivity index (χ0n) is 10.7. The van der Waals surface area contributed by atoms with Crippen molar-refractivity contribution in [2.24, 2.45) is 0 Å². The number of carbonyl (C=O) groups excluding carboxylic acids is 1. The topological polar surface area (TPSA) is 60.2 Å². The van der Waals surface area contributed by atoms with E-state index in [2.05, 4.69) is 0 Å². The molecular weight excluding hydrogens is 254 g/mol. The summed E-state index contributed by atoms with van der Waals surface area (Å²) < 4.78 is 0. The maximum absolute atomic E-state index is 12.5. The van der Waals surface area contributed by atoms with Crippen LogP contribution in [0.3, 0.4) is 0 Å². The first-order valence-electron chi connectivity index (χ1n) is 6.45. The maximum atomic E-state index is 12.5. The molecule has 2 aromatic carbocycles. The molecule has 1 aliphatic carbocycles. The van der Waals surface area contributed by atoms with Crippen LogP contribution in [0.1, 0.15) is 28.3 Å². The Kier molecular flexibility index (Phi) is 2.86. The van der Waals surface area contributed by atoms with Crippen LogP contribution in [-0.2, 0) is 0 Å². The average molecular weight is 267 g/mol. The first kappa shape index (κ1) is 12.5. The molecule has 0 heterocycles. The Bertz CT molecular complexity index is 654. The monoisotopic (exact) mass is 267 g/mol. The third-order valence-electron chi connectivity index (χ3n) is 3.89. The van der Waals surface area contributed by atoms with Crippen LogP contribution in [0.5, 0.6) is 0 Å². The molecule has 0 unspecified atom stereocenters. The Balaban J connectivity index is 1.97. The summed E-state index contributed by atoms with van der Waals surface area (Å²) in [5.41, 5.74) is -0.223. The van der Waals surface area contributed by atoms with Crippen LogP contribution in [0.4, 0.5) is 0 Å². The van der Waals surface area contributed by atoms with Crippen LogP contribution < -0.4 is 0 Å². The number of Topliss-reactive ketones (excluding diaryl/α,β-unsaturated/α-hetero) is 1. The highest BCUT2D eigenvalue weighted by atomic mass is 16.6. The van der Waals surface area contributed by atoms with E-state index in [9.17, 15) is 14.9 Å². The number of nitro groups is 1. The molecular formula is C16H13NO3. The van der Waals surface area contributed by atoms with Gasteiger partial charge in [0.1, 0.15) is 0 Å². The summed E-state index contributed by atoms with van der Waals surface area (Å²) in [6.45, 7) is 0. The van der Waals surface area contributed by atoms with Gasteiger partial charge < -0.3 is 0 Å². The van der Waals surface area contributed by atoms with E-state index in [4.69, 9.17) is 0 Å². The smallest absolute Gasteiger partial charge is 0.286 e. The minimum atomic E-state index is -1.48. The van der Waals surface area contributed by atoms with Gasteiger partial charge in [0.25, 0.3) is 5.54 Å². The summed E-state index contributed by atoms with van der Waals surface area (Å²) in [5, 5.41) is 11.5. The minimum Gasteiger partial charge on any atom is -0.286 e. The first-order chi connectivity index (χ1) is 9.66. The van der Waals surface area contributed by atoms with Gasteiger partial charge in [-0.15, -0.1) is 0 Å². The number of rotatable bonds is 4. The third-order valence-corrected chi connectivity index (χ3v) is 3.89. The van der Waals surface area contributed by atoms with Crippen molar-refractivity contribution in [2.45, 2.75) is 17.9 Å². The number of hydrogen-bond acceptors (Lipinski definition) is 3. The summed E-state index contributed by atoms with van der Waals surface area (Å²) in [5.74, 6) is -0.719. The lowest BCUT2D eigenvalue weighted by Gasteiger charge is -2.08. The van der Waals surface area contributed by atoms with Gasteiger partial charge in [-0.2, -0.15) is 0 Å². The fraction of sp³-hybridized carbons (Fsp3) is 0.188. The summed E-state index contributed by atoms with van der Waals surface area (Å²) >= 11 is 0. The molecule has 100 valence electrons. The molecule has 2 aromatic rings. The highest BCUT2D eigenvalue weighted by Gasteiger charge is 2.72. The molecule has 4 nitrogen and oxygen atoms in total. The van der Waals surface area contributed by atoms with Crippen LogP contribution >= 0.6 is 0 Å². The summed E-state index contributed by atoms with van der Waals surface area (Å²) in [7, 11) is 0. The normalized spacial score (nSPS) is 24.1. The second kappa shape index (κ2) is 4.56. The van der Waals surface area contributed by atoms with E-state index in [1.807, 2.05) is 30.3 Å². The van der Waals surface area contributed by atoms with Gasteiger partial charge in [0.15, 0.2) is 0 Å². The van der Waals surface area contributed by atoms with Crippen molar-refractivity contribution >= 4 is 5.78 Å². The van der Waals surface area contributed by atoms with Crippen molar-refractivity contribution in [1.29, 1.82) is 0 Å². The Morgan fingerprint density at radius 1 is 1.05 bits per heavy atom. The predicted octanol–water partition coefficient (Wildman–Crippen LogP) is 3.07. The molecule has 0 aromatic heterocycles. The number of nitrogens with zero attached hydrogens (tertiary/aromatic N) is 1. The predicted molar refractivity (Wildman–Crippen MR) is 74.3 cm³/mol. The van der Waals surface area contributed by atoms with Crippen LogP contribution in [0.25, 0.3) is 0 Å². The Hall–Kier alpha value is -2.49. The van der Waals surface area contributed by atoms with E-state index in [0.29, 0.717) is 5.56 Å². The van der Waals surface area contributed by atoms with Gasteiger partial charge in [-0.3, -0.25) is 14.9 Å². The number of benzene rings is 2. The quantitative estimate of drug-likeness (QED) is 0.486. The molecule has 20 heavy (non-hydrogen) atoms. The zero-order valence-corrected chi connectivity index (χ0v) is 10.7. The highest BCUT2D eigenvalue weighted by Crippen LogP contribution is 2.55. The van der Waals surface area contributed by atoms with Crippen molar-refractivity contribution in [3.8, 4) is 0 Å². The summed E-state index contributed by atoms with van der Waals surface area (Å²) in [6, 6.07) is 17.7. The van der Waals surface area contributed by atoms with E-state index >= 15 is 0 Å². The standard InChI is InChI=1S/C16H13NO3/c18-15(13-9-5-2-6-10-13)16(17(19)20)11-14(16)12-7-3-1-4-8-12/h1-10,14H,11H2/t14-,16-/m0/s1. The van der Waals surface area contributed by atoms with Gasteiger partial charge in [-0.05, 0) is 5.56 Å². The van der Waals surface area contributed by atoms with Gasteiger partial charge in [-0.25, -0.2) is 0 Å². The molecule has 0 spiro atoms. The Morgan fingerprint density at radius 3 is 2.15 bits per heavy atom. The molecule has 3 rings (SSSR count). The largest absolute Gasteiger partial charge is 0.291 e. The fourth-order valence-electron chi connectivity index (χ4n) is 2.71. The molecule has 1 aliphatic rings. The fourth-order valence-corrected chi connectivity index (χ4v) is 2.71. The molecule has 0 N–H and O–H groups in total. The second-order valence-electron chi connectivity index (χ2n) is 5.04. The van der Waals surface area contributed by atoms with E-state index in [-0.39, 0.29) is 12.3 Å². The minimum absolute atomic E-state index is 0.276. The lowest BCUT2D eigenvalue weighted by molar-refractivity contribution is -0.521. The van der Waals surface area contributed by atoms with Crippen molar-refractivity contribution < 1.29 is 9.72 Å². The Morgan fingerprint density at radius 2 is 1.60 bits per heavy atom. The first-order valence-corrected chi connectivity index (χ1v) is 6.45.